The third-order valence-corrected chi connectivity index (χ3v) is 7.78. The molecule has 1 fully saturated rings. The lowest BCUT2D eigenvalue weighted by molar-refractivity contribution is 0.0565. The summed E-state index contributed by atoms with van der Waals surface area (Å²) in [6.07, 6.45) is 3.24. The summed E-state index contributed by atoms with van der Waals surface area (Å²) in [5.74, 6) is 0.456. The van der Waals surface area contributed by atoms with Crippen LogP contribution >= 0.6 is 0 Å². The van der Waals surface area contributed by atoms with E-state index < -0.39 is 27.8 Å². The number of benzene rings is 1. The smallest absolute Gasteiger partial charge is 0.416 e. The van der Waals surface area contributed by atoms with Crippen LogP contribution in [-0.4, -0.2) is 42.0 Å². The van der Waals surface area contributed by atoms with Gasteiger partial charge in [-0.15, -0.1) is 0 Å². The van der Waals surface area contributed by atoms with Crippen LogP contribution in [0.2, 0.25) is 0 Å². The molecule has 0 bridgehead atoms. The Balaban J connectivity index is 2.04. The zero-order valence-electron chi connectivity index (χ0n) is 20.4. The fraction of sp³-hybridized carbons (Fsp3) is 0.520. The number of nitrogens with zero attached hydrogens (tertiary/aromatic N) is 3. The van der Waals surface area contributed by atoms with E-state index in [2.05, 4.69) is 4.98 Å². The van der Waals surface area contributed by atoms with Crippen LogP contribution in [0.25, 0.3) is 0 Å². The summed E-state index contributed by atoms with van der Waals surface area (Å²) in [7, 11) is -3.70. The maximum Gasteiger partial charge on any atom is 0.416 e. The Morgan fingerprint density at radius 1 is 1.24 bits per heavy atom. The second-order valence-electron chi connectivity index (χ2n) is 9.61. The van der Waals surface area contributed by atoms with Gasteiger partial charge in [-0.2, -0.15) is 4.31 Å². The van der Waals surface area contributed by atoms with E-state index in [1.807, 2.05) is 47.6 Å². The number of ether oxygens (including phenoxy) is 1. The van der Waals surface area contributed by atoms with Crippen molar-refractivity contribution in [3.63, 3.8) is 0 Å². The molecule has 2 heterocycles. The van der Waals surface area contributed by atoms with Crippen LogP contribution in [0.1, 0.15) is 71.0 Å². The van der Waals surface area contributed by atoms with E-state index in [0.717, 1.165) is 17.5 Å². The number of rotatable bonds is 6. The Kier molecular flexibility index (Phi) is 7.49. The number of amides is 1. The molecule has 3 rings (SSSR count). The third-order valence-electron chi connectivity index (χ3n) is 5.86. The minimum atomic E-state index is -3.70. The van der Waals surface area contributed by atoms with Crippen molar-refractivity contribution >= 4 is 21.9 Å². The largest absolute Gasteiger partial charge is 0.443 e. The molecule has 0 saturated carbocycles. The molecule has 8 heteroatoms. The summed E-state index contributed by atoms with van der Waals surface area (Å²) >= 11 is 0. The molecule has 33 heavy (non-hydrogen) atoms. The van der Waals surface area contributed by atoms with E-state index in [0.29, 0.717) is 25.2 Å². The van der Waals surface area contributed by atoms with Crippen molar-refractivity contribution in [2.75, 3.05) is 11.4 Å². The van der Waals surface area contributed by atoms with E-state index in [-0.39, 0.29) is 10.9 Å². The van der Waals surface area contributed by atoms with Crippen LogP contribution in [0, 0.1) is 6.92 Å². The predicted octanol–water partition coefficient (Wildman–Crippen LogP) is 5.46. The zero-order valence-corrected chi connectivity index (χ0v) is 21.2. The number of carbonyl (C=O) groups excluding carboxylic acids is 1. The number of pyridine rings is 1. The van der Waals surface area contributed by atoms with E-state index in [1.54, 1.807) is 45.7 Å². The third kappa shape index (κ3) is 5.55. The molecule has 1 aliphatic heterocycles. The van der Waals surface area contributed by atoms with Gasteiger partial charge in [0.05, 0.1) is 10.9 Å². The lowest BCUT2D eigenvalue weighted by Gasteiger charge is -2.33. The molecule has 180 valence electrons. The maximum absolute atomic E-state index is 13.5. The fourth-order valence-electron chi connectivity index (χ4n) is 4.02. The minimum Gasteiger partial charge on any atom is -0.443 e. The highest BCUT2D eigenvalue weighted by atomic mass is 32.2. The van der Waals surface area contributed by atoms with E-state index in [9.17, 15) is 13.2 Å². The van der Waals surface area contributed by atoms with Crippen molar-refractivity contribution < 1.29 is 17.9 Å². The van der Waals surface area contributed by atoms with Gasteiger partial charge in [-0.1, -0.05) is 30.7 Å². The first-order valence-electron chi connectivity index (χ1n) is 11.5. The number of sulfonamides is 1. The second-order valence-corrected chi connectivity index (χ2v) is 11.5. The summed E-state index contributed by atoms with van der Waals surface area (Å²) in [6, 6.07) is 9.99. The van der Waals surface area contributed by atoms with Gasteiger partial charge in [-0.3, -0.25) is 4.90 Å². The number of hydrogen-bond acceptors (Lipinski definition) is 5. The summed E-state index contributed by atoms with van der Waals surface area (Å²) in [5.41, 5.74) is 1.06. The number of anilines is 1. The predicted molar refractivity (Wildman–Crippen MR) is 130 cm³/mol. The zero-order chi connectivity index (χ0) is 24.4. The molecule has 2 atom stereocenters. The molecule has 0 N–H and O–H groups in total. The first-order valence-corrected chi connectivity index (χ1v) is 13.0. The molecule has 7 nitrogen and oxygen atoms in total. The van der Waals surface area contributed by atoms with Gasteiger partial charge in [-0.05, 0) is 72.1 Å². The van der Waals surface area contributed by atoms with Crippen molar-refractivity contribution in [1.82, 2.24) is 9.29 Å². The number of aryl methyl sites for hydroxylation is 1. The molecule has 1 aliphatic rings. The minimum absolute atomic E-state index is 0.169. The summed E-state index contributed by atoms with van der Waals surface area (Å²) in [4.78, 5) is 19.6. The normalized spacial score (nSPS) is 18.2. The first-order chi connectivity index (χ1) is 15.5. The molecule has 2 aromatic rings. The molecule has 1 saturated heterocycles. The van der Waals surface area contributed by atoms with Gasteiger partial charge < -0.3 is 4.74 Å². The van der Waals surface area contributed by atoms with Crippen LogP contribution in [-0.2, 0) is 14.8 Å². The summed E-state index contributed by atoms with van der Waals surface area (Å²) in [5, 5.41) is 0. The van der Waals surface area contributed by atoms with Crippen molar-refractivity contribution in [3.05, 3.63) is 53.7 Å². The van der Waals surface area contributed by atoms with Gasteiger partial charge in [0.15, 0.2) is 0 Å². The van der Waals surface area contributed by atoms with Crippen molar-refractivity contribution in [2.45, 2.75) is 83.4 Å². The molecule has 0 radical (unpaired) electrons. The van der Waals surface area contributed by atoms with Crippen LogP contribution in [0.5, 0.6) is 0 Å². The maximum atomic E-state index is 13.5. The average Bonchev–Trinajstić information content (AvgIpc) is 3.24. The Morgan fingerprint density at radius 2 is 1.91 bits per heavy atom. The lowest BCUT2D eigenvalue weighted by atomic mass is 10.0. The Morgan fingerprint density at radius 3 is 2.52 bits per heavy atom. The SMILES string of the molecule is CC[C@H](C)N(C(=O)OC(C)(C)C)c1ncccc1[C@@H]1CCCN1S(=O)(=O)c1ccc(C)cc1. The van der Waals surface area contributed by atoms with Gasteiger partial charge in [0.2, 0.25) is 10.0 Å². The number of aromatic nitrogens is 1. The second kappa shape index (κ2) is 9.81. The molecule has 1 aromatic heterocycles. The molecule has 1 amide bonds. The topological polar surface area (TPSA) is 79.8 Å². The van der Waals surface area contributed by atoms with Gasteiger partial charge in [0, 0.05) is 24.3 Å². The van der Waals surface area contributed by atoms with Crippen LogP contribution < -0.4 is 4.90 Å². The number of hydrogen-bond donors (Lipinski definition) is 0. The van der Waals surface area contributed by atoms with E-state index in [4.69, 9.17) is 4.74 Å². The highest BCUT2D eigenvalue weighted by molar-refractivity contribution is 7.89. The van der Waals surface area contributed by atoms with Crippen molar-refractivity contribution in [1.29, 1.82) is 0 Å². The lowest BCUT2D eigenvalue weighted by Crippen LogP contribution is -2.43. The van der Waals surface area contributed by atoms with E-state index >= 15 is 0 Å². The van der Waals surface area contributed by atoms with Crippen molar-refractivity contribution in [3.8, 4) is 0 Å². The van der Waals surface area contributed by atoms with E-state index in [1.165, 1.54) is 0 Å². The van der Waals surface area contributed by atoms with Crippen LogP contribution in [0.4, 0.5) is 10.6 Å². The van der Waals surface area contributed by atoms with Crippen LogP contribution in [0.3, 0.4) is 0 Å². The summed E-state index contributed by atoms with van der Waals surface area (Å²) in [6.45, 7) is 11.8. The molecule has 0 spiro atoms. The Hall–Kier alpha value is -2.45. The van der Waals surface area contributed by atoms with Crippen molar-refractivity contribution in [2.24, 2.45) is 0 Å². The Labute approximate surface area is 197 Å². The van der Waals surface area contributed by atoms with Gasteiger partial charge in [-0.25, -0.2) is 18.2 Å². The molecule has 0 unspecified atom stereocenters. The standard InChI is InChI=1S/C25H35N3O4S/c1-7-19(3)28(24(29)32-25(4,5)6)23-21(10-8-16-26-23)22-11-9-17-27(22)33(30,31)20-14-12-18(2)13-15-20/h8,10,12-16,19,22H,7,9,11,17H2,1-6H3/t19-,22-/m0/s1. The average molecular weight is 474 g/mol. The first kappa shape index (κ1) is 25.2. The Bertz CT molecular complexity index is 1080. The molecule has 0 aliphatic carbocycles. The fourth-order valence-corrected chi connectivity index (χ4v) is 5.70. The van der Waals surface area contributed by atoms with Gasteiger partial charge in [0.25, 0.3) is 0 Å². The molecule has 1 aromatic carbocycles. The highest BCUT2D eigenvalue weighted by Gasteiger charge is 2.39. The summed E-state index contributed by atoms with van der Waals surface area (Å²) < 4.78 is 34.3. The monoisotopic (exact) mass is 473 g/mol. The molecular weight excluding hydrogens is 438 g/mol. The van der Waals surface area contributed by atoms with Gasteiger partial charge >= 0.3 is 6.09 Å². The highest BCUT2D eigenvalue weighted by Crippen LogP contribution is 2.40. The quantitative estimate of drug-likeness (QED) is 0.557. The molecular formula is C25H35N3O4S. The number of carbonyl (C=O) groups is 1. The van der Waals surface area contributed by atoms with Gasteiger partial charge in [0.1, 0.15) is 11.4 Å². The van der Waals surface area contributed by atoms with Crippen LogP contribution in [0.15, 0.2) is 47.5 Å².